The summed E-state index contributed by atoms with van der Waals surface area (Å²) in [5.74, 6) is 0.531. The van der Waals surface area contributed by atoms with Gasteiger partial charge in [0.05, 0.1) is 0 Å². The summed E-state index contributed by atoms with van der Waals surface area (Å²) < 4.78 is 0. The Morgan fingerprint density at radius 1 is 1.50 bits per heavy atom. The Morgan fingerprint density at radius 2 is 2.21 bits per heavy atom. The monoisotopic (exact) mass is 191 g/mol. The van der Waals surface area contributed by atoms with E-state index in [4.69, 9.17) is 0 Å². The molecule has 0 aliphatic rings. The third kappa shape index (κ3) is 3.26. The van der Waals surface area contributed by atoms with Crippen molar-refractivity contribution in [3.05, 3.63) is 36.2 Å². The van der Waals surface area contributed by atoms with Crippen LogP contribution in [0.25, 0.3) is 0 Å². The van der Waals surface area contributed by atoms with Gasteiger partial charge in [-0.2, -0.15) is 0 Å². The summed E-state index contributed by atoms with van der Waals surface area (Å²) in [6, 6.07) is 5.10. The summed E-state index contributed by atoms with van der Waals surface area (Å²) in [6.07, 6.45) is 0. The van der Waals surface area contributed by atoms with Gasteiger partial charge < -0.3 is 5.32 Å². The Hall–Kier alpha value is -1.84. The number of aromatic nitrogens is 1. The number of nitrogens with one attached hydrogen (secondary N) is 2. The molecule has 0 saturated heterocycles. The lowest BCUT2D eigenvalue weighted by atomic mass is 10.4. The molecule has 2 amide bonds. The number of hydrogen-bond acceptors (Lipinski definition) is 2. The van der Waals surface area contributed by atoms with Gasteiger partial charge in [0.2, 0.25) is 0 Å². The van der Waals surface area contributed by atoms with Gasteiger partial charge in [-0.1, -0.05) is 12.6 Å². The molecule has 0 aliphatic heterocycles. The summed E-state index contributed by atoms with van der Waals surface area (Å²) >= 11 is 0. The van der Waals surface area contributed by atoms with Crippen LogP contribution in [0.5, 0.6) is 0 Å². The third-order valence-corrected chi connectivity index (χ3v) is 1.46. The summed E-state index contributed by atoms with van der Waals surface area (Å²) in [7, 11) is 0. The molecular formula is C10H13N3O. The number of allylic oxidation sites excluding steroid dienone is 1. The molecule has 0 aromatic carbocycles. The van der Waals surface area contributed by atoms with Crippen molar-refractivity contribution in [1.29, 1.82) is 0 Å². The van der Waals surface area contributed by atoms with Crippen LogP contribution in [0.15, 0.2) is 30.5 Å². The van der Waals surface area contributed by atoms with E-state index < -0.39 is 0 Å². The van der Waals surface area contributed by atoms with Gasteiger partial charge in [-0.05, 0) is 26.0 Å². The molecular weight excluding hydrogens is 178 g/mol. The molecule has 0 bridgehead atoms. The molecule has 1 aromatic rings. The molecule has 4 heteroatoms. The van der Waals surface area contributed by atoms with Gasteiger partial charge in [0.15, 0.2) is 0 Å². The Morgan fingerprint density at radius 3 is 2.79 bits per heavy atom. The molecule has 14 heavy (non-hydrogen) atoms. The van der Waals surface area contributed by atoms with E-state index in [1.165, 1.54) is 0 Å². The number of pyridine rings is 1. The van der Waals surface area contributed by atoms with Crippen LogP contribution >= 0.6 is 0 Å². The number of hydrogen-bond donors (Lipinski definition) is 2. The Kier molecular flexibility index (Phi) is 3.23. The van der Waals surface area contributed by atoms with Crippen LogP contribution < -0.4 is 10.6 Å². The lowest BCUT2D eigenvalue weighted by molar-refractivity contribution is 0.254. The minimum absolute atomic E-state index is 0.324. The standard InChI is InChI=1S/C10H13N3O/c1-7(2)11-10(14)13-9-6-4-5-8(3)12-9/h4-6H,1H2,2-3H3,(H2,11,12,13,14). The smallest absolute Gasteiger partial charge is 0.312 e. The van der Waals surface area contributed by atoms with Crippen molar-refractivity contribution in [3.63, 3.8) is 0 Å². The van der Waals surface area contributed by atoms with E-state index in [2.05, 4.69) is 22.2 Å². The van der Waals surface area contributed by atoms with Crippen LogP contribution in [-0.4, -0.2) is 11.0 Å². The van der Waals surface area contributed by atoms with E-state index in [9.17, 15) is 4.79 Å². The van der Waals surface area contributed by atoms with Crippen LogP contribution in [0.3, 0.4) is 0 Å². The first-order valence-electron chi connectivity index (χ1n) is 4.25. The van der Waals surface area contributed by atoms with Crippen LogP contribution in [0, 0.1) is 6.92 Å². The zero-order chi connectivity index (χ0) is 10.6. The normalized spacial score (nSPS) is 9.29. The zero-order valence-corrected chi connectivity index (χ0v) is 8.29. The Labute approximate surface area is 83.0 Å². The molecule has 0 spiro atoms. The maximum absolute atomic E-state index is 11.2. The minimum atomic E-state index is -0.324. The highest BCUT2D eigenvalue weighted by Gasteiger charge is 2.01. The largest absolute Gasteiger partial charge is 0.324 e. The molecule has 0 unspecified atom stereocenters. The van der Waals surface area contributed by atoms with Crippen molar-refractivity contribution in [2.75, 3.05) is 5.32 Å². The average Bonchev–Trinajstić information content (AvgIpc) is 2.01. The number of rotatable bonds is 2. The molecule has 0 radical (unpaired) electrons. The highest BCUT2D eigenvalue weighted by atomic mass is 16.2. The van der Waals surface area contributed by atoms with E-state index >= 15 is 0 Å². The summed E-state index contributed by atoms with van der Waals surface area (Å²) in [5, 5.41) is 5.12. The van der Waals surface area contributed by atoms with Crippen LogP contribution in [0.2, 0.25) is 0 Å². The summed E-state index contributed by atoms with van der Waals surface area (Å²) in [5.41, 5.74) is 1.45. The fourth-order valence-corrected chi connectivity index (χ4v) is 0.954. The van der Waals surface area contributed by atoms with Crippen molar-refractivity contribution < 1.29 is 4.79 Å². The molecule has 1 rings (SSSR count). The van der Waals surface area contributed by atoms with Gasteiger partial charge in [-0.3, -0.25) is 5.32 Å². The second-order valence-electron chi connectivity index (χ2n) is 3.02. The number of anilines is 1. The van der Waals surface area contributed by atoms with Crippen LogP contribution in [0.1, 0.15) is 12.6 Å². The SMILES string of the molecule is C=C(C)NC(=O)Nc1cccc(C)n1. The maximum atomic E-state index is 11.2. The first kappa shape index (κ1) is 10.2. The number of nitrogens with zero attached hydrogens (tertiary/aromatic N) is 1. The third-order valence-electron chi connectivity index (χ3n) is 1.46. The molecule has 0 atom stereocenters. The number of carbonyl (C=O) groups excluding carboxylic acids is 1. The van der Waals surface area contributed by atoms with E-state index in [0.717, 1.165) is 5.69 Å². The maximum Gasteiger partial charge on any atom is 0.324 e. The first-order valence-corrected chi connectivity index (χ1v) is 4.25. The highest BCUT2D eigenvalue weighted by molar-refractivity contribution is 5.89. The van der Waals surface area contributed by atoms with Crippen molar-refractivity contribution >= 4 is 11.8 Å². The van der Waals surface area contributed by atoms with Gasteiger partial charge in [-0.25, -0.2) is 9.78 Å². The van der Waals surface area contributed by atoms with E-state index in [1.54, 1.807) is 13.0 Å². The predicted molar refractivity (Wildman–Crippen MR) is 55.9 cm³/mol. The van der Waals surface area contributed by atoms with Crippen molar-refractivity contribution in [2.45, 2.75) is 13.8 Å². The lowest BCUT2D eigenvalue weighted by Gasteiger charge is -2.06. The second-order valence-corrected chi connectivity index (χ2v) is 3.02. The quantitative estimate of drug-likeness (QED) is 0.751. The number of carbonyl (C=O) groups is 1. The van der Waals surface area contributed by atoms with E-state index in [1.807, 2.05) is 19.1 Å². The molecule has 1 aromatic heterocycles. The van der Waals surface area contributed by atoms with Crippen molar-refractivity contribution in [3.8, 4) is 0 Å². The van der Waals surface area contributed by atoms with Gasteiger partial charge in [0.1, 0.15) is 5.82 Å². The zero-order valence-electron chi connectivity index (χ0n) is 8.29. The highest BCUT2D eigenvalue weighted by Crippen LogP contribution is 2.03. The Bertz CT molecular complexity index is 360. The number of urea groups is 1. The molecule has 1 heterocycles. The average molecular weight is 191 g/mol. The molecule has 4 nitrogen and oxygen atoms in total. The molecule has 74 valence electrons. The number of aryl methyl sites for hydroxylation is 1. The fraction of sp³-hybridized carbons (Fsp3) is 0.200. The fourth-order valence-electron chi connectivity index (χ4n) is 0.954. The molecule has 0 saturated carbocycles. The summed E-state index contributed by atoms with van der Waals surface area (Å²) in [6.45, 7) is 7.14. The topological polar surface area (TPSA) is 54.0 Å². The first-order chi connectivity index (χ1) is 6.58. The molecule has 2 N–H and O–H groups in total. The van der Waals surface area contributed by atoms with Gasteiger partial charge in [-0.15, -0.1) is 0 Å². The Balaban J connectivity index is 2.60. The molecule has 0 fully saturated rings. The minimum Gasteiger partial charge on any atom is -0.312 e. The number of amides is 2. The van der Waals surface area contributed by atoms with Crippen LogP contribution in [0.4, 0.5) is 10.6 Å². The van der Waals surface area contributed by atoms with E-state index in [-0.39, 0.29) is 6.03 Å². The molecule has 0 aliphatic carbocycles. The predicted octanol–water partition coefficient (Wildman–Crippen LogP) is 2.05. The van der Waals surface area contributed by atoms with Crippen molar-refractivity contribution in [2.24, 2.45) is 0 Å². The van der Waals surface area contributed by atoms with Gasteiger partial charge in [0.25, 0.3) is 0 Å². The summed E-state index contributed by atoms with van der Waals surface area (Å²) in [4.78, 5) is 15.3. The van der Waals surface area contributed by atoms with Crippen LogP contribution in [-0.2, 0) is 0 Å². The van der Waals surface area contributed by atoms with Gasteiger partial charge >= 0.3 is 6.03 Å². The lowest BCUT2D eigenvalue weighted by Crippen LogP contribution is -2.27. The van der Waals surface area contributed by atoms with Gasteiger partial charge in [0, 0.05) is 11.4 Å². The van der Waals surface area contributed by atoms with E-state index in [0.29, 0.717) is 11.5 Å². The van der Waals surface area contributed by atoms with Crippen molar-refractivity contribution in [1.82, 2.24) is 10.3 Å². The second kappa shape index (κ2) is 4.41.